The molecule has 2 saturated carbocycles. The number of halogens is 5. The van der Waals surface area contributed by atoms with E-state index in [2.05, 4.69) is 40.9 Å². The molecule has 2 aromatic carbocycles. The number of pyridine rings is 2. The molecule has 2 unspecified atom stereocenters. The van der Waals surface area contributed by atoms with Crippen molar-refractivity contribution < 1.29 is 31.8 Å². The number of hydrogen-bond acceptors (Lipinski definition) is 11. The molecule has 2 aromatic heterocycles. The number of amidine groups is 2. The third kappa shape index (κ3) is 8.62. The number of hydrogen-bond donors (Lipinski definition) is 2. The second-order valence-electron chi connectivity index (χ2n) is 17.8. The van der Waals surface area contributed by atoms with Crippen LogP contribution in [-0.4, -0.2) is 81.7 Å². The normalized spacial score (nSPS) is 30.2. The van der Waals surface area contributed by atoms with Crippen molar-refractivity contribution in [3.8, 4) is 5.75 Å². The van der Waals surface area contributed by atoms with Gasteiger partial charge in [-0.15, -0.1) is 0 Å². The van der Waals surface area contributed by atoms with Crippen LogP contribution in [0.3, 0.4) is 0 Å². The lowest BCUT2D eigenvalue weighted by Gasteiger charge is -2.45. The largest absolute Gasteiger partial charge is 0.495 e. The summed E-state index contributed by atoms with van der Waals surface area (Å²) in [5, 5.41) is 1.24. The molecular formula is C49H52ClF4N7O3S2. The molecule has 348 valence electrons. The molecule has 0 bridgehead atoms. The van der Waals surface area contributed by atoms with E-state index in [4.69, 9.17) is 37.5 Å². The number of thioether (sulfide) groups is 2. The van der Waals surface area contributed by atoms with Gasteiger partial charge in [0.05, 0.1) is 46.6 Å². The third-order valence-electron chi connectivity index (χ3n) is 14.0. The Bertz CT molecular complexity index is 2620. The molecule has 1 spiro atoms. The molecule has 5 heterocycles. The average Bonchev–Trinajstić information content (AvgIpc) is 3.89. The predicted molar refractivity (Wildman–Crippen MR) is 257 cm³/mol. The van der Waals surface area contributed by atoms with E-state index in [1.54, 1.807) is 43.0 Å². The highest BCUT2D eigenvalue weighted by molar-refractivity contribution is 8.15. The van der Waals surface area contributed by atoms with Crippen LogP contribution in [0, 0.1) is 29.5 Å². The smallest absolute Gasteiger partial charge is 0.209 e. The molecule has 3 aliphatic heterocycles. The van der Waals surface area contributed by atoms with Gasteiger partial charge in [0.2, 0.25) is 6.41 Å². The van der Waals surface area contributed by atoms with E-state index < -0.39 is 28.6 Å². The number of aliphatic imine (C=N–C) groups is 2. The molecule has 3 fully saturated rings. The number of fused-ring (bicyclic) bond motifs is 5. The Morgan fingerprint density at radius 3 is 2.08 bits per heavy atom. The first kappa shape index (κ1) is 47.6. The summed E-state index contributed by atoms with van der Waals surface area (Å²) >= 11 is 8.85. The molecule has 66 heavy (non-hydrogen) atoms. The van der Waals surface area contributed by atoms with Gasteiger partial charge in [-0.1, -0.05) is 67.2 Å². The number of nitrogens with zero attached hydrogens (tertiary/aromatic N) is 5. The highest BCUT2D eigenvalue weighted by Gasteiger charge is 2.74. The monoisotopic (exact) mass is 961 g/mol. The Hall–Kier alpha value is -4.90. The van der Waals surface area contributed by atoms with Crippen LogP contribution in [-0.2, 0) is 27.0 Å². The number of carbonyl (C=O) groups excluding carboxylic acids is 1. The minimum atomic E-state index is -1.49. The minimum Gasteiger partial charge on any atom is -0.495 e. The molecule has 1 amide bonds. The maximum absolute atomic E-state index is 15.0. The van der Waals surface area contributed by atoms with Crippen molar-refractivity contribution in [1.29, 1.82) is 0 Å². The second-order valence-corrected chi connectivity index (χ2v) is 21.1. The Morgan fingerprint density at radius 1 is 0.864 bits per heavy atom. The Kier molecular flexibility index (Phi) is 13.4. The first-order valence-corrected chi connectivity index (χ1v) is 23.7. The molecule has 4 aromatic rings. The van der Waals surface area contributed by atoms with Crippen LogP contribution in [0.1, 0.15) is 72.8 Å². The van der Waals surface area contributed by atoms with E-state index in [0.29, 0.717) is 39.9 Å². The zero-order valence-corrected chi connectivity index (χ0v) is 39.6. The average molecular weight is 963 g/mol. The van der Waals surface area contributed by atoms with Gasteiger partial charge in [0.25, 0.3) is 0 Å². The molecule has 17 heteroatoms. The lowest BCUT2D eigenvalue weighted by atomic mass is 9.66. The van der Waals surface area contributed by atoms with Gasteiger partial charge in [0, 0.05) is 55.0 Å². The molecule has 8 atom stereocenters. The summed E-state index contributed by atoms with van der Waals surface area (Å²) in [6, 6.07) is 16.4. The fourth-order valence-corrected chi connectivity index (χ4v) is 13.6. The van der Waals surface area contributed by atoms with Crippen LogP contribution in [0.15, 0.2) is 83.0 Å². The van der Waals surface area contributed by atoms with Crippen LogP contribution in [0.25, 0.3) is 23.8 Å². The van der Waals surface area contributed by atoms with E-state index in [0.717, 1.165) is 31.5 Å². The van der Waals surface area contributed by atoms with Gasteiger partial charge in [0.15, 0.2) is 10.3 Å². The van der Waals surface area contributed by atoms with Crippen LogP contribution >= 0.6 is 35.1 Å². The Morgan fingerprint density at radius 2 is 1.50 bits per heavy atom. The minimum absolute atomic E-state index is 0.00611. The number of alkyl halides is 1. The molecule has 1 saturated heterocycles. The number of amides is 1. The van der Waals surface area contributed by atoms with Gasteiger partial charge >= 0.3 is 0 Å². The van der Waals surface area contributed by atoms with E-state index in [1.165, 1.54) is 90.6 Å². The highest BCUT2D eigenvalue weighted by Crippen LogP contribution is 2.73. The number of rotatable bonds is 10. The second kappa shape index (κ2) is 18.6. The first-order valence-electron chi connectivity index (χ1n) is 21.7. The summed E-state index contributed by atoms with van der Waals surface area (Å²) in [5.41, 5.74) is 14.6. The summed E-state index contributed by atoms with van der Waals surface area (Å²) < 4.78 is 69.2. The topological polar surface area (TPSA) is 141 Å². The molecular weight excluding hydrogens is 910 g/mol. The van der Waals surface area contributed by atoms with Crippen LogP contribution in [0.2, 0.25) is 5.02 Å². The number of ether oxygens (including phenoxy) is 2. The van der Waals surface area contributed by atoms with Crippen LogP contribution in [0.4, 0.5) is 17.6 Å². The summed E-state index contributed by atoms with van der Waals surface area (Å²) in [6.45, 7) is 7.90. The predicted octanol–water partition coefficient (Wildman–Crippen LogP) is 9.85. The van der Waals surface area contributed by atoms with E-state index >= 15 is 0 Å². The lowest BCUT2D eigenvalue weighted by molar-refractivity contribution is -0.117. The van der Waals surface area contributed by atoms with Crippen LogP contribution < -0.4 is 16.2 Å². The number of methoxy groups -OCH3 is 2. The van der Waals surface area contributed by atoms with Crippen LogP contribution in [0.5, 0.6) is 5.75 Å². The zero-order valence-electron chi connectivity index (χ0n) is 37.2. The van der Waals surface area contributed by atoms with Gasteiger partial charge in [-0.05, 0) is 108 Å². The quantitative estimate of drug-likeness (QED) is 0.117. The van der Waals surface area contributed by atoms with E-state index in [1.807, 2.05) is 13.0 Å². The SMILES string of the molecule is COC[C@@]12SC(N)=N[C@](CF)(c3cc(/C=C(\F)c4ccc(Cl)cn4)ccc3F)C1[C@@H]2C.COc1ccc(/C(F)=C/c2ccc3c(c2)[C@@]2(C3)N=C(N)S[C@]3(C)C2[C@@H]3C)nc1.O=CN1CCCC1. The van der Waals surface area contributed by atoms with Gasteiger partial charge in [-0.25, -0.2) is 27.5 Å². The van der Waals surface area contributed by atoms with Gasteiger partial charge < -0.3 is 25.8 Å². The molecule has 6 aliphatic rings. The number of nitrogens with two attached hydrogens (primary N) is 2. The highest BCUT2D eigenvalue weighted by atomic mass is 35.5. The zero-order chi connectivity index (χ0) is 47.2. The maximum Gasteiger partial charge on any atom is 0.209 e. The van der Waals surface area contributed by atoms with Crippen molar-refractivity contribution in [1.82, 2.24) is 14.9 Å². The Balaban J connectivity index is 0.000000157. The molecule has 4 N–H and O–H groups in total. The lowest BCUT2D eigenvalue weighted by Crippen LogP contribution is -2.45. The standard InChI is InChI=1S/C22H21ClF3N3OS.C22H22FN3OS.C5H9NO/c1-12-19-21(10-24,29-20(27)31-22(12,19)11-30-2)15-7-13(3-5-16(15)25)8-17(26)18-6-4-14(23)9-28-18;1-12-19-21(12,2)28-20(24)26-22(19)10-14-5-4-13(8-16(14)22)9-17(23)18-7-6-15(27-3)11-25-18;7-5-6-3-1-2-4-6/h3-9,12,19H,10-11H2,1-2H3,(H2,27,29);4-9,11-12,19H,10H2,1-3H3,(H2,24,26);5H,1-4H2/b17-8-;17-9-;/t12-,19?,21+,22-;12-,19?,21-,22+;/m00./s1. The van der Waals surface area contributed by atoms with E-state index in [9.17, 15) is 22.4 Å². The summed E-state index contributed by atoms with van der Waals surface area (Å²) in [6.07, 6.45) is 9.82. The third-order valence-corrected chi connectivity index (χ3v) is 17.0. The Labute approximate surface area is 395 Å². The molecule has 3 aliphatic carbocycles. The first-order chi connectivity index (χ1) is 31.6. The van der Waals surface area contributed by atoms with Crippen molar-refractivity contribution in [3.63, 3.8) is 0 Å². The molecule has 10 nitrogen and oxygen atoms in total. The number of carbonyl (C=O) groups is 1. The number of likely N-dealkylation sites (tertiary alicyclic amines) is 1. The van der Waals surface area contributed by atoms with Crippen molar-refractivity contribution in [2.45, 2.75) is 60.6 Å². The number of aromatic nitrogens is 2. The molecule has 0 radical (unpaired) electrons. The summed E-state index contributed by atoms with van der Waals surface area (Å²) in [5.74, 6) is -0.264. The fourth-order valence-electron chi connectivity index (χ4n) is 10.5. The van der Waals surface area contributed by atoms with Crippen molar-refractivity contribution in [2.24, 2.45) is 45.1 Å². The number of benzene rings is 2. The van der Waals surface area contributed by atoms with Gasteiger partial charge in [-0.2, -0.15) is 0 Å². The molecule has 10 rings (SSSR count). The fraction of sp³-hybridized carbons (Fsp3) is 0.408. The summed E-state index contributed by atoms with van der Waals surface area (Å²) in [4.78, 5) is 29.1. The summed E-state index contributed by atoms with van der Waals surface area (Å²) in [7, 11) is 3.13. The van der Waals surface area contributed by atoms with Crippen molar-refractivity contribution in [2.75, 3.05) is 40.6 Å². The van der Waals surface area contributed by atoms with E-state index in [-0.39, 0.29) is 50.1 Å². The van der Waals surface area contributed by atoms with Gasteiger partial charge in [-0.3, -0.25) is 14.8 Å². The maximum atomic E-state index is 15.0. The van der Waals surface area contributed by atoms with Crippen molar-refractivity contribution in [3.05, 3.63) is 123 Å². The van der Waals surface area contributed by atoms with Crippen molar-refractivity contribution >= 4 is 75.7 Å². The van der Waals surface area contributed by atoms with Gasteiger partial charge in [0.1, 0.15) is 35.4 Å².